The number of hydrogen-bond acceptors (Lipinski definition) is 6. The van der Waals surface area contributed by atoms with Crippen molar-refractivity contribution in [2.45, 2.75) is 44.1 Å². The molecule has 2 aromatic heterocycles. The molecule has 14 heteroatoms. The number of nitrogens with two attached hydrogens (primary N) is 1. The maximum absolute atomic E-state index is 15.1. The van der Waals surface area contributed by atoms with Gasteiger partial charge in [-0.3, -0.25) is 14.6 Å². The number of anilines is 1. The highest BCUT2D eigenvalue weighted by Crippen LogP contribution is 2.55. The summed E-state index contributed by atoms with van der Waals surface area (Å²) >= 11 is 0. The highest BCUT2D eigenvalue weighted by molar-refractivity contribution is 5.97. The zero-order valence-corrected chi connectivity index (χ0v) is 21.6. The number of imidazole rings is 1. The molecular formula is C26H26F5N5O4. The molecule has 1 aliphatic heterocycles. The van der Waals surface area contributed by atoms with Crippen molar-refractivity contribution in [1.82, 2.24) is 14.5 Å². The van der Waals surface area contributed by atoms with Gasteiger partial charge in [0, 0.05) is 48.9 Å². The standard InChI is InChI=1S/C26H26F5N5O4/c1-13-19(16-4-5-17(27)20(28)21(16)39-9-7-15-11-36(3)12-34-15)22(40-25(13,2)26(29,30)31)24(38)35-14-6-8-33-18(10-14)23(32)37/h4-6,8,10-13,19,22H,7,9H2,1-3H3,(H2,32,37)(H,33,35,38)/t13-,19-,22+,25+/m0/s1. The molecule has 1 fully saturated rings. The summed E-state index contributed by atoms with van der Waals surface area (Å²) in [7, 11) is 1.74. The fourth-order valence-corrected chi connectivity index (χ4v) is 4.69. The van der Waals surface area contributed by atoms with Gasteiger partial charge in [-0.25, -0.2) is 9.37 Å². The Hall–Kier alpha value is -4.07. The van der Waals surface area contributed by atoms with Crippen molar-refractivity contribution < 1.29 is 41.0 Å². The first kappa shape index (κ1) is 28.9. The molecule has 2 amide bonds. The minimum Gasteiger partial charge on any atom is -0.490 e. The van der Waals surface area contributed by atoms with Crippen molar-refractivity contribution in [3.8, 4) is 5.75 Å². The minimum absolute atomic E-state index is 0.0153. The predicted molar refractivity (Wildman–Crippen MR) is 131 cm³/mol. The fraction of sp³-hybridized carbons (Fsp3) is 0.385. The number of nitrogens with zero attached hydrogens (tertiary/aromatic N) is 3. The Morgan fingerprint density at radius 3 is 2.58 bits per heavy atom. The van der Waals surface area contributed by atoms with E-state index >= 15 is 4.39 Å². The van der Waals surface area contributed by atoms with Crippen LogP contribution in [0.25, 0.3) is 0 Å². The molecule has 4 rings (SSSR count). The number of carbonyl (C=O) groups is 2. The smallest absolute Gasteiger partial charge is 0.417 e. The summed E-state index contributed by atoms with van der Waals surface area (Å²) in [5.41, 5.74) is 2.62. The Bertz CT molecular complexity index is 1430. The van der Waals surface area contributed by atoms with Crippen molar-refractivity contribution in [3.63, 3.8) is 0 Å². The number of rotatable bonds is 8. The number of hydrogen-bond donors (Lipinski definition) is 2. The number of amides is 2. The van der Waals surface area contributed by atoms with Crippen molar-refractivity contribution in [2.24, 2.45) is 18.7 Å². The van der Waals surface area contributed by atoms with E-state index in [2.05, 4.69) is 15.3 Å². The quantitative estimate of drug-likeness (QED) is 0.399. The SMILES string of the molecule is C[C@H]1[C@@H](c2ccc(F)c(F)c2OCCc2cn(C)cn2)[C@H](C(=O)Nc2ccnc(C(N)=O)c2)O[C@@]1(C)C(F)(F)F. The van der Waals surface area contributed by atoms with Crippen LogP contribution in [0.4, 0.5) is 27.6 Å². The van der Waals surface area contributed by atoms with E-state index in [-0.39, 0.29) is 30.0 Å². The number of halogens is 5. The number of ether oxygens (including phenoxy) is 2. The molecule has 40 heavy (non-hydrogen) atoms. The van der Waals surface area contributed by atoms with Gasteiger partial charge >= 0.3 is 6.18 Å². The van der Waals surface area contributed by atoms with E-state index < -0.39 is 58.9 Å². The number of carbonyl (C=O) groups excluding carboxylic acids is 2. The van der Waals surface area contributed by atoms with Crippen LogP contribution >= 0.6 is 0 Å². The van der Waals surface area contributed by atoms with Crippen LogP contribution in [0.1, 0.15) is 41.5 Å². The first-order valence-electron chi connectivity index (χ1n) is 12.1. The van der Waals surface area contributed by atoms with E-state index in [0.29, 0.717) is 5.69 Å². The Morgan fingerprint density at radius 1 is 1.23 bits per heavy atom. The minimum atomic E-state index is -4.92. The molecule has 0 bridgehead atoms. The van der Waals surface area contributed by atoms with Gasteiger partial charge in [-0.1, -0.05) is 13.0 Å². The molecule has 0 spiro atoms. The average molecular weight is 568 g/mol. The Kier molecular flexibility index (Phi) is 7.83. The third-order valence-corrected chi connectivity index (χ3v) is 7.01. The van der Waals surface area contributed by atoms with Gasteiger partial charge in [0.25, 0.3) is 11.8 Å². The predicted octanol–water partition coefficient (Wildman–Crippen LogP) is 3.89. The summed E-state index contributed by atoms with van der Waals surface area (Å²) < 4.78 is 84.7. The third kappa shape index (κ3) is 5.48. The second-order valence-electron chi connectivity index (χ2n) is 9.65. The fourth-order valence-electron chi connectivity index (χ4n) is 4.69. The molecule has 0 saturated carbocycles. The van der Waals surface area contributed by atoms with Gasteiger partial charge in [0.2, 0.25) is 5.82 Å². The van der Waals surface area contributed by atoms with Crippen LogP contribution in [-0.4, -0.2) is 50.8 Å². The van der Waals surface area contributed by atoms with E-state index in [1.165, 1.54) is 25.5 Å². The highest BCUT2D eigenvalue weighted by atomic mass is 19.4. The highest BCUT2D eigenvalue weighted by Gasteiger charge is 2.66. The summed E-state index contributed by atoms with van der Waals surface area (Å²) in [6.45, 7) is 1.83. The van der Waals surface area contributed by atoms with Crippen LogP contribution in [0.3, 0.4) is 0 Å². The molecule has 9 nitrogen and oxygen atoms in total. The van der Waals surface area contributed by atoms with Crippen LogP contribution in [0, 0.1) is 17.6 Å². The van der Waals surface area contributed by atoms with Gasteiger partial charge in [0.05, 0.1) is 18.6 Å². The van der Waals surface area contributed by atoms with Crippen molar-refractivity contribution >= 4 is 17.5 Å². The van der Waals surface area contributed by atoms with E-state index in [4.69, 9.17) is 15.2 Å². The van der Waals surface area contributed by atoms with Crippen LogP contribution in [0.5, 0.6) is 5.75 Å². The Balaban J connectivity index is 1.71. The summed E-state index contributed by atoms with van der Waals surface area (Å²) in [4.78, 5) is 32.7. The molecule has 1 aliphatic rings. The number of pyridine rings is 1. The second-order valence-corrected chi connectivity index (χ2v) is 9.65. The summed E-state index contributed by atoms with van der Waals surface area (Å²) in [6, 6.07) is 4.27. The summed E-state index contributed by atoms with van der Waals surface area (Å²) in [5.74, 6) is -8.08. The first-order chi connectivity index (χ1) is 18.7. The van der Waals surface area contributed by atoms with Gasteiger partial charge in [0.1, 0.15) is 11.8 Å². The molecule has 3 N–H and O–H groups in total. The maximum Gasteiger partial charge on any atom is 0.417 e. The summed E-state index contributed by atoms with van der Waals surface area (Å²) in [5, 5.41) is 2.40. The second kappa shape index (κ2) is 10.8. The van der Waals surface area contributed by atoms with Crippen LogP contribution < -0.4 is 15.8 Å². The van der Waals surface area contributed by atoms with Gasteiger partial charge in [-0.05, 0) is 25.1 Å². The molecular weight excluding hydrogens is 541 g/mol. The van der Waals surface area contributed by atoms with Crippen molar-refractivity contribution in [3.05, 3.63) is 71.6 Å². The van der Waals surface area contributed by atoms with Crippen LogP contribution in [-0.2, 0) is 23.0 Å². The molecule has 1 aromatic carbocycles. The topological polar surface area (TPSA) is 121 Å². The molecule has 3 heterocycles. The van der Waals surface area contributed by atoms with Gasteiger partial charge < -0.3 is 25.1 Å². The largest absolute Gasteiger partial charge is 0.490 e. The number of primary amides is 1. The molecule has 4 atom stereocenters. The lowest BCUT2D eigenvalue weighted by Gasteiger charge is -2.32. The molecule has 0 aliphatic carbocycles. The monoisotopic (exact) mass is 567 g/mol. The lowest BCUT2D eigenvalue weighted by Crippen LogP contribution is -2.47. The number of nitrogens with one attached hydrogen (secondary N) is 1. The number of benzene rings is 1. The Labute approximate surface area is 225 Å². The van der Waals surface area contributed by atoms with Crippen molar-refractivity contribution in [2.75, 3.05) is 11.9 Å². The lowest BCUT2D eigenvalue weighted by atomic mass is 9.77. The number of alkyl halides is 3. The van der Waals surface area contributed by atoms with E-state index in [1.54, 1.807) is 17.8 Å². The number of aromatic nitrogens is 3. The van der Waals surface area contributed by atoms with Gasteiger partial charge in [0.15, 0.2) is 17.2 Å². The van der Waals surface area contributed by atoms with E-state index in [1.807, 2.05) is 0 Å². The van der Waals surface area contributed by atoms with Crippen molar-refractivity contribution in [1.29, 1.82) is 0 Å². The number of aryl methyl sites for hydroxylation is 1. The molecule has 0 unspecified atom stereocenters. The first-order valence-corrected chi connectivity index (χ1v) is 12.1. The Morgan fingerprint density at radius 2 is 1.95 bits per heavy atom. The van der Waals surface area contributed by atoms with E-state index in [0.717, 1.165) is 25.1 Å². The zero-order chi connectivity index (χ0) is 29.4. The summed E-state index contributed by atoms with van der Waals surface area (Å²) in [6.07, 6.45) is -2.13. The lowest BCUT2D eigenvalue weighted by molar-refractivity contribution is -0.272. The van der Waals surface area contributed by atoms with Gasteiger partial charge in [-0.15, -0.1) is 0 Å². The molecule has 0 radical (unpaired) electrons. The zero-order valence-electron chi connectivity index (χ0n) is 21.6. The van der Waals surface area contributed by atoms with Crippen LogP contribution in [0.2, 0.25) is 0 Å². The normalized spacial score (nSPS) is 22.8. The average Bonchev–Trinajstić information content (AvgIpc) is 3.42. The molecule has 3 aromatic rings. The maximum atomic E-state index is 15.1. The van der Waals surface area contributed by atoms with E-state index in [9.17, 15) is 27.2 Å². The molecule has 1 saturated heterocycles. The van der Waals surface area contributed by atoms with Crippen LogP contribution in [0.15, 0.2) is 43.0 Å². The third-order valence-electron chi connectivity index (χ3n) is 7.01. The van der Waals surface area contributed by atoms with Gasteiger partial charge in [-0.2, -0.15) is 17.6 Å². The molecule has 214 valence electrons.